The predicted molar refractivity (Wildman–Crippen MR) is 93.5 cm³/mol. The first-order chi connectivity index (χ1) is 12.4. The smallest absolute Gasteiger partial charge is 0.333 e. The number of aryl methyl sites for hydroxylation is 2. The molecule has 2 aromatic rings. The molecule has 1 aromatic carbocycles. The highest BCUT2D eigenvalue weighted by Crippen LogP contribution is 2.29. The Morgan fingerprint density at radius 1 is 1.35 bits per heavy atom. The third kappa shape index (κ3) is 3.37. The number of anilines is 1. The van der Waals surface area contributed by atoms with Gasteiger partial charge in [-0.25, -0.2) is 9.07 Å². The van der Waals surface area contributed by atoms with Crippen LogP contribution in [-0.4, -0.2) is 44.6 Å². The minimum Gasteiger partial charge on any atom is -0.362 e. The van der Waals surface area contributed by atoms with Crippen LogP contribution in [0.25, 0.3) is 0 Å². The average molecular weight is 361 g/mol. The van der Waals surface area contributed by atoms with Gasteiger partial charge < -0.3 is 10.2 Å². The zero-order valence-corrected chi connectivity index (χ0v) is 14.6. The first-order valence-corrected chi connectivity index (χ1v) is 8.36. The van der Waals surface area contributed by atoms with Gasteiger partial charge in [0.15, 0.2) is 0 Å². The van der Waals surface area contributed by atoms with E-state index in [4.69, 9.17) is 0 Å². The van der Waals surface area contributed by atoms with Gasteiger partial charge in [-0.1, -0.05) is 12.1 Å². The lowest BCUT2D eigenvalue weighted by atomic mass is 10.0. The quantitative estimate of drug-likeness (QED) is 0.667. The van der Waals surface area contributed by atoms with Crippen LogP contribution in [0.2, 0.25) is 0 Å². The topological polar surface area (TPSA) is 93.3 Å². The number of halogens is 1. The molecule has 0 bridgehead atoms. The molecule has 0 spiro atoms. The molecule has 1 fully saturated rings. The maximum absolute atomic E-state index is 13.8. The van der Waals surface area contributed by atoms with Crippen LogP contribution in [0.1, 0.15) is 28.9 Å². The van der Waals surface area contributed by atoms with Crippen molar-refractivity contribution in [2.24, 2.45) is 7.05 Å². The molecular formula is C17H20FN5O3. The van der Waals surface area contributed by atoms with E-state index in [1.54, 1.807) is 31.0 Å². The van der Waals surface area contributed by atoms with Crippen LogP contribution in [0, 0.1) is 22.9 Å². The minimum atomic E-state index is -0.529. The van der Waals surface area contributed by atoms with E-state index in [0.29, 0.717) is 37.4 Å². The Hall–Kier alpha value is -2.97. The Morgan fingerprint density at radius 2 is 2.00 bits per heavy atom. The number of rotatable bonds is 4. The van der Waals surface area contributed by atoms with Gasteiger partial charge in [0.05, 0.1) is 10.5 Å². The second-order valence-electron chi connectivity index (χ2n) is 6.35. The zero-order valence-electron chi connectivity index (χ0n) is 14.6. The molecule has 1 aromatic heterocycles. The maximum atomic E-state index is 13.8. The van der Waals surface area contributed by atoms with Crippen molar-refractivity contribution in [3.63, 3.8) is 0 Å². The molecule has 1 saturated heterocycles. The first kappa shape index (κ1) is 17.8. The summed E-state index contributed by atoms with van der Waals surface area (Å²) in [5, 5.41) is 18.5. The number of hydrogen-bond donors (Lipinski definition) is 1. The molecule has 0 saturated carbocycles. The molecule has 3 rings (SSSR count). The number of nitro groups is 1. The molecule has 138 valence electrons. The Balaban J connectivity index is 1.66. The predicted octanol–water partition coefficient (Wildman–Crippen LogP) is 2.49. The van der Waals surface area contributed by atoms with Crippen molar-refractivity contribution < 1.29 is 14.1 Å². The number of carbonyl (C=O) groups is 1. The lowest BCUT2D eigenvalue weighted by molar-refractivity contribution is -0.384. The van der Waals surface area contributed by atoms with Gasteiger partial charge in [-0.2, -0.15) is 5.10 Å². The number of piperidine rings is 1. The summed E-state index contributed by atoms with van der Waals surface area (Å²) in [6, 6.07) is 5.91. The van der Waals surface area contributed by atoms with Crippen LogP contribution in [-0.2, 0) is 7.05 Å². The van der Waals surface area contributed by atoms with Crippen molar-refractivity contribution in [1.82, 2.24) is 14.7 Å². The Bertz CT molecular complexity index is 843. The molecule has 2 heterocycles. The molecule has 0 radical (unpaired) electrons. The molecule has 1 aliphatic rings. The summed E-state index contributed by atoms with van der Waals surface area (Å²) in [5.74, 6) is -0.492. The van der Waals surface area contributed by atoms with Crippen LogP contribution in [0.3, 0.4) is 0 Å². The van der Waals surface area contributed by atoms with Crippen LogP contribution < -0.4 is 5.32 Å². The summed E-state index contributed by atoms with van der Waals surface area (Å²) in [4.78, 5) is 24.9. The SMILES string of the molecule is Cc1nn(C)c(NC2CCN(C(=O)c3ccccc3F)CC2)c1[N+](=O)[O-]. The molecule has 0 unspecified atom stereocenters. The number of hydrogen-bond acceptors (Lipinski definition) is 5. The number of aromatic nitrogens is 2. The number of likely N-dealkylation sites (tertiary alicyclic amines) is 1. The monoisotopic (exact) mass is 361 g/mol. The van der Waals surface area contributed by atoms with Crippen molar-refractivity contribution in [2.75, 3.05) is 18.4 Å². The van der Waals surface area contributed by atoms with Gasteiger partial charge in [0.1, 0.15) is 11.5 Å². The third-order valence-corrected chi connectivity index (χ3v) is 4.60. The summed E-state index contributed by atoms with van der Waals surface area (Å²) in [6.07, 6.45) is 1.23. The number of amides is 1. The van der Waals surface area contributed by atoms with Crippen molar-refractivity contribution >= 4 is 17.4 Å². The van der Waals surface area contributed by atoms with Crippen molar-refractivity contribution in [2.45, 2.75) is 25.8 Å². The number of benzene rings is 1. The van der Waals surface area contributed by atoms with Gasteiger partial charge in [-0.15, -0.1) is 0 Å². The number of nitrogens with zero attached hydrogens (tertiary/aromatic N) is 4. The molecule has 1 aliphatic heterocycles. The summed E-state index contributed by atoms with van der Waals surface area (Å²) in [5.41, 5.74) is 0.390. The largest absolute Gasteiger partial charge is 0.362 e. The van der Waals surface area contributed by atoms with Gasteiger partial charge in [0.25, 0.3) is 5.91 Å². The van der Waals surface area contributed by atoms with E-state index < -0.39 is 10.7 Å². The van der Waals surface area contributed by atoms with Gasteiger partial charge >= 0.3 is 5.69 Å². The summed E-state index contributed by atoms with van der Waals surface area (Å²) in [6.45, 7) is 2.50. The summed E-state index contributed by atoms with van der Waals surface area (Å²) < 4.78 is 15.3. The van der Waals surface area contributed by atoms with Crippen LogP contribution in [0.5, 0.6) is 0 Å². The van der Waals surface area contributed by atoms with E-state index in [1.807, 2.05) is 0 Å². The molecule has 1 N–H and O–H groups in total. The fraction of sp³-hybridized carbons (Fsp3) is 0.412. The second-order valence-corrected chi connectivity index (χ2v) is 6.35. The van der Waals surface area contributed by atoms with Crippen LogP contribution in [0.15, 0.2) is 24.3 Å². The van der Waals surface area contributed by atoms with E-state index in [0.717, 1.165) is 0 Å². The highest BCUT2D eigenvalue weighted by atomic mass is 19.1. The van der Waals surface area contributed by atoms with Crippen molar-refractivity contribution in [1.29, 1.82) is 0 Å². The van der Waals surface area contributed by atoms with Gasteiger partial charge in [-0.3, -0.25) is 14.9 Å². The molecule has 9 heteroatoms. The first-order valence-electron chi connectivity index (χ1n) is 8.36. The normalized spacial score (nSPS) is 15.1. The van der Waals surface area contributed by atoms with E-state index in [9.17, 15) is 19.3 Å². The maximum Gasteiger partial charge on any atom is 0.333 e. The number of carbonyl (C=O) groups excluding carboxylic acids is 1. The average Bonchev–Trinajstić information content (AvgIpc) is 2.89. The molecule has 0 atom stereocenters. The number of nitrogens with one attached hydrogen (secondary N) is 1. The standard InChI is InChI=1S/C17H20FN5O3/c1-11-15(23(25)26)16(21(2)20-11)19-12-7-9-22(10-8-12)17(24)13-5-3-4-6-14(13)18/h3-6,12,19H,7-10H2,1-2H3. The summed E-state index contributed by atoms with van der Waals surface area (Å²) in [7, 11) is 1.65. The summed E-state index contributed by atoms with van der Waals surface area (Å²) >= 11 is 0. The van der Waals surface area contributed by atoms with E-state index in [-0.39, 0.29) is 23.2 Å². The van der Waals surface area contributed by atoms with Gasteiger partial charge in [0.2, 0.25) is 5.82 Å². The molecule has 8 nitrogen and oxygen atoms in total. The Labute approximate surface area is 149 Å². The minimum absolute atomic E-state index is 0.0202. The second kappa shape index (κ2) is 7.11. The Morgan fingerprint density at radius 3 is 2.62 bits per heavy atom. The molecule has 1 amide bonds. The molecule has 0 aliphatic carbocycles. The van der Waals surface area contributed by atoms with Crippen LogP contribution >= 0.6 is 0 Å². The van der Waals surface area contributed by atoms with E-state index >= 15 is 0 Å². The highest BCUT2D eigenvalue weighted by molar-refractivity contribution is 5.94. The lowest BCUT2D eigenvalue weighted by Gasteiger charge is -2.32. The highest BCUT2D eigenvalue weighted by Gasteiger charge is 2.29. The Kier molecular flexibility index (Phi) is 4.88. The van der Waals surface area contributed by atoms with Gasteiger partial charge in [-0.05, 0) is 31.9 Å². The fourth-order valence-electron chi connectivity index (χ4n) is 3.25. The molecule has 26 heavy (non-hydrogen) atoms. The zero-order chi connectivity index (χ0) is 18.8. The third-order valence-electron chi connectivity index (χ3n) is 4.60. The van der Waals surface area contributed by atoms with E-state index in [2.05, 4.69) is 10.4 Å². The van der Waals surface area contributed by atoms with Gasteiger partial charge in [0, 0.05) is 26.2 Å². The van der Waals surface area contributed by atoms with Crippen molar-refractivity contribution in [3.05, 3.63) is 51.5 Å². The van der Waals surface area contributed by atoms with E-state index in [1.165, 1.54) is 16.8 Å². The van der Waals surface area contributed by atoms with Crippen molar-refractivity contribution in [3.8, 4) is 0 Å². The molecular weight excluding hydrogens is 341 g/mol. The van der Waals surface area contributed by atoms with Crippen LogP contribution in [0.4, 0.5) is 15.9 Å². The fourth-order valence-corrected chi connectivity index (χ4v) is 3.25. The lowest BCUT2D eigenvalue weighted by Crippen LogP contribution is -2.42.